The van der Waals surface area contributed by atoms with E-state index in [-0.39, 0.29) is 11.1 Å². The highest BCUT2D eigenvalue weighted by Gasteiger charge is 2.30. The molecular weight excluding hydrogens is 385 g/mol. The molecule has 1 aliphatic rings. The van der Waals surface area contributed by atoms with Gasteiger partial charge in [-0.05, 0) is 54.6 Å². The fourth-order valence-corrected chi connectivity index (χ4v) is 2.86. The van der Waals surface area contributed by atoms with Crippen LogP contribution in [0.4, 0.5) is 24.5 Å². The van der Waals surface area contributed by atoms with E-state index in [9.17, 15) is 22.8 Å². The number of hydrogen-bond donors (Lipinski definition) is 2. The maximum Gasteiger partial charge on any atom is 0.416 e. The van der Waals surface area contributed by atoms with Crippen molar-refractivity contribution in [3.05, 3.63) is 83.4 Å². The van der Waals surface area contributed by atoms with Crippen LogP contribution in [0.1, 0.15) is 26.3 Å². The van der Waals surface area contributed by atoms with Gasteiger partial charge in [0.25, 0.3) is 11.8 Å². The van der Waals surface area contributed by atoms with Crippen molar-refractivity contribution >= 4 is 23.2 Å². The normalized spacial score (nSPS) is 12.7. The summed E-state index contributed by atoms with van der Waals surface area (Å²) in [5.41, 5.74) is 0.252. The molecule has 29 heavy (non-hydrogen) atoms. The predicted molar refractivity (Wildman–Crippen MR) is 100 cm³/mol. The van der Waals surface area contributed by atoms with Crippen LogP contribution in [0.25, 0.3) is 0 Å². The van der Waals surface area contributed by atoms with Gasteiger partial charge in [-0.25, -0.2) is 0 Å². The number of carbonyl (C=O) groups is 2. The Bertz CT molecular complexity index is 1110. The molecule has 8 heteroatoms. The Balaban J connectivity index is 1.56. The monoisotopic (exact) mass is 398 g/mol. The van der Waals surface area contributed by atoms with Gasteiger partial charge in [-0.2, -0.15) is 13.2 Å². The summed E-state index contributed by atoms with van der Waals surface area (Å²) in [5, 5.41) is 5.30. The first-order valence-electron chi connectivity index (χ1n) is 8.52. The summed E-state index contributed by atoms with van der Waals surface area (Å²) in [6, 6.07) is 15.3. The number of benzene rings is 3. The van der Waals surface area contributed by atoms with E-state index in [4.69, 9.17) is 4.74 Å². The molecule has 0 saturated heterocycles. The van der Waals surface area contributed by atoms with Crippen molar-refractivity contribution in [1.29, 1.82) is 0 Å². The highest BCUT2D eigenvalue weighted by molar-refractivity contribution is 6.10. The summed E-state index contributed by atoms with van der Waals surface area (Å²) in [6.07, 6.45) is -4.48. The minimum atomic E-state index is -4.48. The van der Waals surface area contributed by atoms with Crippen molar-refractivity contribution in [2.75, 3.05) is 10.6 Å². The van der Waals surface area contributed by atoms with Crippen LogP contribution in [0.5, 0.6) is 11.5 Å². The molecule has 0 spiro atoms. The zero-order valence-electron chi connectivity index (χ0n) is 14.7. The zero-order chi connectivity index (χ0) is 20.6. The quantitative estimate of drug-likeness (QED) is 0.614. The Kier molecular flexibility index (Phi) is 4.46. The van der Waals surface area contributed by atoms with Gasteiger partial charge in [0.05, 0.1) is 16.8 Å². The molecule has 0 radical (unpaired) electrons. The lowest BCUT2D eigenvalue weighted by Gasteiger charge is -2.11. The lowest BCUT2D eigenvalue weighted by molar-refractivity contribution is -0.137. The topological polar surface area (TPSA) is 67.4 Å². The number of para-hydroxylation sites is 2. The minimum Gasteiger partial charge on any atom is -0.454 e. The van der Waals surface area contributed by atoms with Gasteiger partial charge in [0.1, 0.15) is 5.75 Å². The fourth-order valence-electron chi connectivity index (χ4n) is 2.86. The minimum absolute atomic E-state index is 0.0565. The zero-order valence-corrected chi connectivity index (χ0v) is 14.7. The van der Waals surface area contributed by atoms with Crippen molar-refractivity contribution in [3.63, 3.8) is 0 Å². The molecular formula is C21H13F3N2O3. The lowest BCUT2D eigenvalue weighted by Crippen LogP contribution is -2.14. The van der Waals surface area contributed by atoms with Gasteiger partial charge in [-0.15, -0.1) is 0 Å². The van der Waals surface area contributed by atoms with Gasteiger partial charge < -0.3 is 15.4 Å². The van der Waals surface area contributed by atoms with Crippen molar-refractivity contribution in [3.8, 4) is 11.5 Å². The van der Waals surface area contributed by atoms with Crippen LogP contribution in [0.15, 0.2) is 66.7 Å². The van der Waals surface area contributed by atoms with E-state index in [1.165, 1.54) is 6.07 Å². The van der Waals surface area contributed by atoms with Crippen molar-refractivity contribution in [2.24, 2.45) is 0 Å². The van der Waals surface area contributed by atoms with E-state index in [1.807, 2.05) is 0 Å². The van der Waals surface area contributed by atoms with E-state index in [1.54, 1.807) is 36.4 Å². The van der Waals surface area contributed by atoms with Gasteiger partial charge in [-0.1, -0.05) is 12.1 Å². The van der Waals surface area contributed by atoms with Crippen LogP contribution in [-0.2, 0) is 6.18 Å². The van der Waals surface area contributed by atoms with Gasteiger partial charge in [0.15, 0.2) is 5.75 Å². The number of nitrogens with one attached hydrogen (secondary N) is 2. The Labute approximate surface area is 163 Å². The summed E-state index contributed by atoms with van der Waals surface area (Å²) < 4.78 is 43.7. The van der Waals surface area contributed by atoms with E-state index < -0.39 is 23.6 Å². The van der Waals surface area contributed by atoms with Crippen molar-refractivity contribution in [1.82, 2.24) is 0 Å². The molecule has 0 saturated carbocycles. The molecule has 3 aromatic rings. The number of anilines is 2. The van der Waals surface area contributed by atoms with Gasteiger partial charge in [0, 0.05) is 11.3 Å². The third-order valence-corrected chi connectivity index (χ3v) is 4.31. The van der Waals surface area contributed by atoms with Crippen molar-refractivity contribution < 1.29 is 27.5 Å². The largest absolute Gasteiger partial charge is 0.454 e. The molecule has 0 unspecified atom stereocenters. The Morgan fingerprint density at radius 2 is 1.66 bits per heavy atom. The molecule has 1 aliphatic heterocycles. The van der Waals surface area contributed by atoms with E-state index >= 15 is 0 Å². The molecule has 0 bridgehead atoms. The second kappa shape index (κ2) is 6.97. The predicted octanol–water partition coefficient (Wildman–Crippen LogP) is 5.32. The maximum absolute atomic E-state index is 12.6. The number of halogens is 3. The molecule has 2 N–H and O–H groups in total. The average molecular weight is 398 g/mol. The van der Waals surface area contributed by atoms with Gasteiger partial charge in [-0.3, -0.25) is 9.59 Å². The lowest BCUT2D eigenvalue weighted by atomic mass is 10.1. The Hall–Kier alpha value is -3.81. The van der Waals surface area contributed by atoms with E-state index in [0.717, 1.165) is 24.3 Å². The first-order valence-corrected chi connectivity index (χ1v) is 8.52. The standard InChI is InChI=1S/C21H13F3N2O3/c22-21(23,24)13-7-5-12(6-8-13)19(27)25-14-9-10-17-15(11-14)20(28)26-16-3-1-2-4-18(16)29-17/h1-11H,(H,25,27)(H,26,28). The summed E-state index contributed by atoms with van der Waals surface area (Å²) >= 11 is 0. The number of ether oxygens (including phenoxy) is 1. The molecule has 0 aliphatic carbocycles. The van der Waals surface area contributed by atoms with Crippen LogP contribution < -0.4 is 15.4 Å². The first-order chi connectivity index (χ1) is 13.8. The van der Waals surface area contributed by atoms with Crippen LogP contribution in [0.2, 0.25) is 0 Å². The highest BCUT2D eigenvalue weighted by atomic mass is 19.4. The van der Waals surface area contributed by atoms with Crippen LogP contribution in [-0.4, -0.2) is 11.8 Å². The highest BCUT2D eigenvalue weighted by Crippen LogP contribution is 2.36. The fraction of sp³-hybridized carbons (Fsp3) is 0.0476. The second-order valence-electron chi connectivity index (χ2n) is 6.29. The maximum atomic E-state index is 12.6. The van der Waals surface area contributed by atoms with Gasteiger partial charge >= 0.3 is 6.18 Å². The third-order valence-electron chi connectivity index (χ3n) is 4.31. The third kappa shape index (κ3) is 3.77. The van der Waals surface area contributed by atoms with E-state index in [2.05, 4.69) is 10.6 Å². The summed E-state index contributed by atoms with van der Waals surface area (Å²) in [5.74, 6) is -0.200. The Morgan fingerprint density at radius 3 is 2.38 bits per heavy atom. The van der Waals surface area contributed by atoms with Crippen LogP contribution in [0.3, 0.4) is 0 Å². The number of hydrogen-bond acceptors (Lipinski definition) is 3. The molecule has 0 aromatic heterocycles. The molecule has 4 rings (SSSR count). The SMILES string of the molecule is O=C(Nc1ccc2c(c1)C(=O)Nc1ccccc1O2)c1ccc(C(F)(F)F)cc1. The molecule has 0 atom stereocenters. The number of amides is 2. The summed E-state index contributed by atoms with van der Waals surface area (Å²) in [7, 11) is 0. The van der Waals surface area contributed by atoms with E-state index in [0.29, 0.717) is 22.9 Å². The summed E-state index contributed by atoms with van der Waals surface area (Å²) in [6.45, 7) is 0. The molecule has 5 nitrogen and oxygen atoms in total. The van der Waals surface area contributed by atoms with Gasteiger partial charge in [0.2, 0.25) is 0 Å². The van der Waals surface area contributed by atoms with Crippen LogP contribution in [0, 0.1) is 0 Å². The molecule has 3 aromatic carbocycles. The molecule has 146 valence electrons. The van der Waals surface area contributed by atoms with Crippen molar-refractivity contribution in [2.45, 2.75) is 6.18 Å². The molecule has 2 amide bonds. The second-order valence-corrected chi connectivity index (χ2v) is 6.29. The summed E-state index contributed by atoms with van der Waals surface area (Å²) in [4.78, 5) is 24.8. The number of carbonyl (C=O) groups excluding carboxylic acids is 2. The average Bonchev–Trinajstić information content (AvgIpc) is 2.83. The number of fused-ring (bicyclic) bond motifs is 2. The molecule has 1 heterocycles. The van der Waals surface area contributed by atoms with Crippen LogP contribution >= 0.6 is 0 Å². The number of rotatable bonds is 2. The first kappa shape index (κ1) is 18.5. The Morgan fingerprint density at radius 1 is 0.931 bits per heavy atom. The smallest absolute Gasteiger partial charge is 0.416 e. The molecule has 0 fully saturated rings. The number of alkyl halides is 3.